The summed E-state index contributed by atoms with van der Waals surface area (Å²) in [5, 5.41) is 0. The quantitative estimate of drug-likeness (QED) is 0.776. The molecule has 0 heterocycles. The number of methoxy groups -OCH3 is 1. The number of carbonyl (C=O) groups excluding carboxylic acids is 1. The average Bonchev–Trinajstić information content (AvgIpc) is 2.25. The molecule has 1 aromatic carbocycles. The van der Waals surface area contributed by atoms with Gasteiger partial charge in [-0.25, -0.2) is 0 Å². The van der Waals surface area contributed by atoms with E-state index in [0.717, 1.165) is 11.3 Å². The van der Waals surface area contributed by atoms with Crippen molar-refractivity contribution < 1.29 is 9.53 Å². The topological polar surface area (TPSA) is 26.3 Å². The number of hydrogen-bond acceptors (Lipinski definition) is 2. The summed E-state index contributed by atoms with van der Waals surface area (Å²) < 4.78 is 5.25. The number of hydrogen-bond donors (Lipinski definition) is 0. The second kappa shape index (κ2) is 5.85. The fourth-order valence-corrected chi connectivity index (χ4v) is 2.18. The fraction of sp³-hybridized carbons (Fsp3) is 0.533. The number of Topliss-reactive ketones (excluding diaryl/α,β-unsaturated/α-hetero) is 1. The van der Waals surface area contributed by atoms with Crippen LogP contribution in [0, 0.1) is 12.8 Å². The minimum atomic E-state index is 0.247. The third-order valence-corrected chi connectivity index (χ3v) is 3.16. The first-order chi connectivity index (χ1) is 7.95. The van der Waals surface area contributed by atoms with Gasteiger partial charge in [0.25, 0.3) is 0 Å². The summed E-state index contributed by atoms with van der Waals surface area (Å²) in [6.45, 7) is 8.01. The molecule has 0 saturated heterocycles. The maximum Gasteiger partial charge on any atom is 0.130 e. The van der Waals surface area contributed by atoms with Crippen molar-refractivity contribution in [3.8, 4) is 5.75 Å². The van der Waals surface area contributed by atoms with E-state index < -0.39 is 0 Å². The van der Waals surface area contributed by atoms with Crippen LogP contribution in [0.3, 0.4) is 0 Å². The molecule has 1 aromatic rings. The van der Waals surface area contributed by atoms with Crippen LogP contribution < -0.4 is 4.74 Å². The monoisotopic (exact) mass is 234 g/mol. The molecular formula is C15H22O2. The van der Waals surface area contributed by atoms with Gasteiger partial charge in [-0.15, -0.1) is 0 Å². The Bertz CT molecular complexity index is 394. The van der Waals surface area contributed by atoms with Crippen molar-refractivity contribution in [2.24, 2.45) is 5.92 Å². The minimum absolute atomic E-state index is 0.247. The van der Waals surface area contributed by atoms with Crippen molar-refractivity contribution in [2.45, 2.75) is 40.0 Å². The highest BCUT2D eigenvalue weighted by Crippen LogP contribution is 2.31. The Balaban J connectivity index is 3.02. The maximum absolute atomic E-state index is 11.3. The SMILES string of the molecule is COc1ccc([C@H](CC(C)=O)C(C)C)cc1C. The second-order valence-electron chi connectivity index (χ2n) is 4.99. The lowest BCUT2D eigenvalue weighted by Crippen LogP contribution is -2.11. The Morgan fingerprint density at radius 2 is 2.00 bits per heavy atom. The van der Waals surface area contributed by atoms with E-state index in [-0.39, 0.29) is 5.78 Å². The Morgan fingerprint density at radius 1 is 1.35 bits per heavy atom. The zero-order chi connectivity index (χ0) is 13.0. The highest BCUT2D eigenvalue weighted by atomic mass is 16.5. The molecule has 0 aliphatic heterocycles. The van der Waals surface area contributed by atoms with Crippen molar-refractivity contribution in [3.63, 3.8) is 0 Å². The molecule has 1 rings (SSSR count). The van der Waals surface area contributed by atoms with Gasteiger partial charge in [-0.3, -0.25) is 0 Å². The third-order valence-electron chi connectivity index (χ3n) is 3.16. The predicted octanol–water partition coefficient (Wildman–Crippen LogP) is 3.72. The molecule has 2 heteroatoms. The number of benzene rings is 1. The summed E-state index contributed by atoms with van der Waals surface area (Å²) in [6, 6.07) is 6.19. The highest BCUT2D eigenvalue weighted by Gasteiger charge is 2.18. The van der Waals surface area contributed by atoms with Crippen LogP contribution in [0.4, 0.5) is 0 Å². The summed E-state index contributed by atoms with van der Waals surface area (Å²) in [6.07, 6.45) is 0.615. The number of carbonyl (C=O) groups is 1. The van der Waals surface area contributed by atoms with Gasteiger partial charge in [0.05, 0.1) is 7.11 Å². The summed E-state index contributed by atoms with van der Waals surface area (Å²) in [4.78, 5) is 11.3. The maximum atomic E-state index is 11.3. The van der Waals surface area contributed by atoms with Crippen LogP contribution >= 0.6 is 0 Å². The van der Waals surface area contributed by atoms with Gasteiger partial charge >= 0.3 is 0 Å². The number of ether oxygens (including phenoxy) is 1. The van der Waals surface area contributed by atoms with Gasteiger partial charge in [-0.2, -0.15) is 0 Å². The van der Waals surface area contributed by atoms with Crippen molar-refractivity contribution in [1.29, 1.82) is 0 Å². The Kier molecular flexibility index (Phi) is 4.73. The molecule has 0 amide bonds. The molecule has 0 bridgehead atoms. The van der Waals surface area contributed by atoms with Gasteiger partial charge in [-0.1, -0.05) is 26.0 Å². The molecule has 0 N–H and O–H groups in total. The second-order valence-corrected chi connectivity index (χ2v) is 4.99. The molecule has 94 valence electrons. The van der Waals surface area contributed by atoms with Gasteiger partial charge in [-0.05, 0) is 42.9 Å². The molecule has 2 nitrogen and oxygen atoms in total. The normalized spacial score (nSPS) is 12.6. The van der Waals surface area contributed by atoms with Gasteiger partial charge in [0.2, 0.25) is 0 Å². The molecule has 0 radical (unpaired) electrons. The lowest BCUT2D eigenvalue weighted by Gasteiger charge is -2.21. The first-order valence-electron chi connectivity index (χ1n) is 6.09. The van der Waals surface area contributed by atoms with E-state index in [4.69, 9.17) is 4.74 Å². The van der Waals surface area contributed by atoms with E-state index in [0.29, 0.717) is 18.3 Å². The van der Waals surface area contributed by atoms with Gasteiger partial charge in [0, 0.05) is 6.42 Å². The lowest BCUT2D eigenvalue weighted by atomic mass is 9.84. The van der Waals surface area contributed by atoms with Crippen LogP contribution in [0.5, 0.6) is 5.75 Å². The highest BCUT2D eigenvalue weighted by molar-refractivity contribution is 5.76. The molecule has 0 spiro atoms. The first-order valence-corrected chi connectivity index (χ1v) is 6.09. The third kappa shape index (κ3) is 3.58. The Morgan fingerprint density at radius 3 is 2.41 bits per heavy atom. The van der Waals surface area contributed by atoms with E-state index in [1.807, 2.05) is 13.0 Å². The molecule has 17 heavy (non-hydrogen) atoms. The summed E-state index contributed by atoms with van der Waals surface area (Å²) in [5.41, 5.74) is 2.35. The minimum Gasteiger partial charge on any atom is -0.496 e. The van der Waals surface area contributed by atoms with Crippen LogP contribution in [0.25, 0.3) is 0 Å². The Hall–Kier alpha value is -1.31. The number of rotatable bonds is 5. The zero-order valence-electron chi connectivity index (χ0n) is 11.4. The van der Waals surface area contributed by atoms with Crippen LogP contribution in [-0.2, 0) is 4.79 Å². The molecule has 0 saturated carbocycles. The van der Waals surface area contributed by atoms with Crippen LogP contribution in [0.2, 0.25) is 0 Å². The largest absolute Gasteiger partial charge is 0.496 e. The van der Waals surface area contributed by atoms with E-state index >= 15 is 0 Å². The van der Waals surface area contributed by atoms with Crippen molar-refractivity contribution in [3.05, 3.63) is 29.3 Å². The molecular weight excluding hydrogens is 212 g/mol. The lowest BCUT2D eigenvalue weighted by molar-refractivity contribution is -0.117. The predicted molar refractivity (Wildman–Crippen MR) is 70.6 cm³/mol. The molecule has 0 fully saturated rings. The molecule has 0 aliphatic rings. The van der Waals surface area contributed by atoms with Gasteiger partial charge < -0.3 is 9.53 Å². The molecule has 1 atom stereocenters. The van der Waals surface area contributed by atoms with Crippen LogP contribution in [0.15, 0.2) is 18.2 Å². The van der Waals surface area contributed by atoms with Crippen molar-refractivity contribution >= 4 is 5.78 Å². The summed E-state index contributed by atoms with van der Waals surface area (Å²) in [7, 11) is 1.68. The smallest absolute Gasteiger partial charge is 0.130 e. The average molecular weight is 234 g/mol. The first kappa shape index (κ1) is 13.8. The number of ketones is 1. The Labute approximate surface area is 104 Å². The van der Waals surface area contributed by atoms with Crippen molar-refractivity contribution in [2.75, 3.05) is 7.11 Å². The van der Waals surface area contributed by atoms with E-state index in [1.165, 1.54) is 5.56 Å². The van der Waals surface area contributed by atoms with Gasteiger partial charge in [0.15, 0.2) is 0 Å². The van der Waals surface area contributed by atoms with E-state index in [9.17, 15) is 4.79 Å². The molecule has 0 aliphatic carbocycles. The molecule has 0 aromatic heterocycles. The summed E-state index contributed by atoms with van der Waals surface area (Å²) >= 11 is 0. The molecule has 0 unspecified atom stereocenters. The van der Waals surface area contributed by atoms with Gasteiger partial charge in [0.1, 0.15) is 11.5 Å². The fourth-order valence-electron chi connectivity index (χ4n) is 2.18. The standard InChI is InChI=1S/C15H22O2/c1-10(2)14(9-12(4)16)13-6-7-15(17-5)11(3)8-13/h6-8,10,14H,9H2,1-5H3/t14-/m1/s1. The summed E-state index contributed by atoms with van der Waals surface area (Å²) in [5.74, 6) is 1.92. The van der Waals surface area contributed by atoms with E-state index in [1.54, 1.807) is 14.0 Å². The number of aryl methyl sites for hydroxylation is 1. The van der Waals surface area contributed by atoms with Crippen LogP contribution in [-0.4, -0.2) is 12.9 Å². The zero-order valence-corrected chi connectivity index (χ0v) is 11.4. The van der Waals surface area contributed by atoms with Crippen molar-refractivity contribution in [1.82, 2.24) is 0 Å². The van der Waals surface area contributed by atoms with Crippen LogP contribution in [0.1, 0.15) is 44.2 Å². The van der Waals surface area contributed by atoms with E-state index in [2.05, 4.69) is 26.0 Å².